The molecule has 0 aliphatic heterocycles. The van der Waals surface area contributed by atoms with Crippen LogP contribution in [0, 0.1) is 11.7 Å². The summed E-state index contributed by atoms with van der Waals surface area (Å²) in [6.45, 7) is 1.74. The van der Waals surface area contributed by atoms with Gasteiger partial charge in [-0.25, -0.2) is 4.39 Å². The average Bonchev–Trinajstić information content (AvgIpc) is 2.33. The molecular formula is C11H13BrFN3O2. The van der Waals surface area contributed by atoms with Gasteiger partial charge in [-0.2, -0.15) is 0 Å². The number of carbonyl (C=O) groups is 1. The SMILES string of the molecule is CCC(C(=O)Nc1ccc(F)cc1Br)/C(N)=N/O. The zero-order chi connectivity index (χ0) is 13.7. The standard InChI is InChI=1S/C11H13BrFN3O2/c1-2-7(10(14)16-18)11(17)15-9-4-3-6(13)5-8(9)12/h3-5,7,18H,2H2,1H3,(H2,14,16)(H,15,17). The van der Waals surface area contributed by atoms with E-state index in [-0.39, 0.29) is 5.84 Å². The van der Waals surface area contributed by atoms with Crippen molar-refractivity contribution >= 4 is 33.4 Å². The number of oxime groups is 1. The monoisotopic (exact) mass is 317 g/mol. The van der Waals surface area contributed by atoms with Crippen molar-refractivity contribution in [1.82, 2.24) is 0 Å². The lowest BCUT2D eigenvalue weighted by molar-refractivity contribution is -0.118. The fourth-order valence-electron chi connectivity index (χ4n) is 1.41. The minimum Gasteiger partial charge on any atom is -0.409 e. The van der Waals surface area contributed by atoms with E-state index in [0.29, 0.717) is 16.6 Å². The zero-order valence-electron chi connectivity index (χ0n) is 9.65. The summed E-state index contributed by atoms with van der Waals surface area (Å²) < 4.78 is 13.3. The first-order valence-electron chi connectivity index (χ1n) is 5.23. The van der Waals surface area contributed by atoms with Crippen molar-refractivity contribution in [3.8, 4) is 0 Å². The molecule has 98 valence electrons. The lowest BCUT2D eigenvalue weighted by Gasteiger charge is -2.14. The number of hydrogen-bond acceptors (Lipinski definition) is 3. The molecule has 7 heteroatoms. The molecule has 1 amide bonds. The van der Waals surface area contributed by atoms with Crippen molar-refractivity contribution in [1.29, 1.82) is 0 Å². The number of carbonyl (C=O) groups excluding carboxylic acids is 1. The lowest BCUT2D eigenvalue weighted by atomic mass is 10.0. The van der Waals surface area contributed by atoms with E-state index in [2.05, 4.69) is 26.4 Å². The van der Waals surface area contributed by atoms with Crippen LogP contribution in [0.4, 0.5) is 10.1 Å². The Morgan fingerprint density at radius 1 is 1.67 bits per heavy atom. The minimum atomic E-state index is -0.730. The molecule has 1 aromatic rings. The Labute approximate surface area is 112 Å². The van der Waals surface area contributed by atoms with Gasteiger partial charge in [0.25, 0.3) is 0 Å². The van der Waals surface area contributed by atoms with Crippen molar-refractivity contribution in [2.75, 3.05) is 5.32 Å². The van der Waals surface area contributed by atoms with Gasteiger partial charge >= 0.3 is 0 Å². The topological polar surface area (TPSA) is 87.7 Å². The summed E-state index contributed by atoms with van der Waals surface area (Å²) in [4.78, 5) is 11.9. The van der Waals surface area contributed by atoms with Crippen LogP contribution in [0.5, 0.6) is 0 Å². The molecule has 0 aliphatic carbocycles. The second-order valence-electron chi connectivity index (χ2n) is 3.60. The third kappa shape index (κ3) is 3.43. The molecule has 1 unspecified atom stereocenters. The molecule has 0 fully saturated rings. The molecule has 0 radical (unpaired) electrons. The number of nitrogens with two attached hydrogens (primary N) is 1. The van der Waals surface area contributed by atoms with Crippen LogP contribution in [0.25, 0.3) is 0 Å². The van der Waals surface area contributed by atoms with Gasteiger partial charge in [-0.3, -0.25) is 4.79 Å². The van der Waals surface area contributed by atoms with E-state index < -0.39 is 17.6 Å². The molecule has 1 aromatic carbocycles. The molecule has 1 rings (SSSR count). The van der Waals surface area contributed by atoms with Gasteiger partial charge in [0.05, 0.1) is 11.6 Å². The molecule has 0 aromatic heterocycles. The molecule has 0 saturated heterocycles. The Kier molecular flexibility index (Phi) is 5.08. The minimum absolute atomic E-state index is 0.159. The van der Waals surface area contributed by atoms with Gasteiger partial charge in [0.15, 0.2) is 5.84 Å². The molecule has 5 nitrogen and oxygen atoms in total. The highest BCUT2D eigenvalue weighted by Gasteiger charge is 2.21. The first kappa shape index (κ1) is 14.4. The highest BCUT2D eigenvalue weighted by Crippen LogP contribution is 2.23. The first-order valence-corrected chi connectivity index (χ1v) is 6.02. The van der Waals surface area contributed by atoms with Crippen LogP contribution in [0.15, 0.2) is 27.8 Å². The third-order valence-corrected chi connectivity index (χ3v) is 3.04. The van der Waals surface area contributed by atoms with Crippen LogP contribution in [-0.2, 0) is 4.79 Å². The van der Waals surface area contributed by atoms with E-state index in [1.54, 1.807) is 6.92 Å². The summed E-state index contributed by atoms with van der Waals surface area (Å²) in [6, 6.07) is 3.89. The molecule has 0 aliphatic rings. The smallest absolute Gasteiger partial charge is 0.235 e. The van der Waals surface area contributed by atoms with Gasteiger partial charge in [-0.1, -0.05) is 12.1 Å². The number of hydrogen-bond donors (Lipinski definition) is 3. The second kappa shape index (κ2) is 6.34. The highest BCUT2D eigenvalue weighted by molar-refractivity contribution is 9.10. The van der Waals surface area contributed by atoms with Gasteiger partial charge in [-0.15, -0.1) is 0 Å². The molecule has 0 saturated carbocycles. The number of nitrogens with zero attached hydrogens (tertiary/aromatic N) is 1. The number of rotatable bonds is 4. The second-order valence-corrected chi connectivity index (χ2v) is 4.45. The van der Waals surface area contributed by atoms with Gasteiger partial charge in [-0.05, 0) is 40.5 Å². The molecule has 0 spiro atoms. The van der Waals surface area contributed by atoms with Crippen LogP contribution in [-0.4, -0.2) is 17.0 Å². The van der Waals surface area contributed by atoms with E-state index >= 15 is 0 Å². The first-order chi connectivity index (χ1) is 8.49. The van der Waals surface area contributed by atoms with Gasteiger partial charge in [0.2, 0.25) is 5.91 Å². The van der Waals surface area contributed by atoms with E-state index in [1.807, 2.05) is 0 Å². The maximum absolute atomic E-state index is 12.9. The Balaban J connectivity index is 2.86. The van der Waals surface area contributed by atoms with Crippen LogP contribution < -0.4 is 11.1 Å². The summed E-state index contributed by atoms with van der Waals surface area (Å²) in [7, 11) is 0. The van der Waals surface area contributed by atoms with E-state index in [1.165, 1.54) is 18.2 Å². The number of benzene rings is 1. The Morgan fingerprint density at radius 2 is 2.33 bits per heavy atom. The average molecular weight is 318 g/mol. The number of anilines is 1. The third-order valence-electron chi connectivity index (χ3n) is 2.39. The number of halogens is 2. The van der Waals surface area contributed by atoms with Crippen molar-refractivity contribution in [3.63, 3.8) is 0 Å². The maximum Gasteiger partial charge on any atom is 0.235 e. The normalized spacial score (nSPS) is 13.2. The largest absolute Gasteiger partial charge is 0.409 e. The zero-order valence-corrected chi connectivity index (χ0v) is 11.2. The summed E-state index contributed by atoms with van der Waals surface area (Å²) in [6.07, 6.45) is 0.389. The molecule has 4 N–H and O–H groups in total. The summed E-state index contributed by atoms with van der Waals surface area (Å²) >= 11 is 3.14. The predicted octanol–water partition coefficient (Wildman–Crippen LogP) is 2.30. The molecule has 0 heterocycles. The summed E-state index contributed by atoms with van der Waals surface area (Å²) in [5, 5.41) is 14.0. The van der Waals surface area contributed by atoms with Crippen LogP contribution in [0.3, 0.4) is 0 Å². The number of amidine groups is 1. The summed E-state index contributed by atoms with van der Waals surface area (Å²) in [5.74, 6) is -1.72. The van der Waals surface area contributed by atoms with E-state index in [9.17, 15) is 9.18 Å². The van der Waals surface area contributed by atoms with Crippen LogP contribution >= 0.6 is 15.9 Å². The highest BCUT2D eigenvalue weighted by atomic mass is 79.9. The maximum atomic E-state index is 12.9. The fourth-order valence-corrected chi connectivity index (χ4v) is 1.86. The quantitative estimate of drug-likeness (QED) is 0.344. The van der Waals surface area contributed by atoms with Gasteiger partial charge in [0.1, 0.15) is 5.82 Å². The molecule has 0 bridgehead atoms. The van der Waals surface area contributed by atoms with Crippen molar-refractivity contribution in [2.24, 2.45) is 16.8 Å². The van der Waals surface area contributed by atoms with Gasteiger partial charge in [0, 0.05) is 4.47 Å². The lowest BCUT2D eigenvalue weighted by Crippen LogP contribution is -2.34. The fraction of sp³-hybridized carbons (Fsp3) is 0.273. The van der Waals surface area contributed by atoms with Crippen molar-refractivity contribution in [2.45, 2.75) is 13.3 Å². The number of amides is 1. The Morgan fingerprint density at radius 3 is 2.83 bits per heavy atom. The van der Waals surface area contributed by atoms with Crippen molar-refractivity contribution < 1.29 is 14.4 Å². The Bertz CT molecular complexity index is 479. The van der Waals surface area contributed by atoms with Gasteiger partial charge < -0.3 is 16.3 Å². The van der Waals surface area contributed by atoms with Crippen LogP contribution in [0.1, 0.15) is 13.3 Å². The van der Waals surface area contributed by atoms with E-state index in [0.717, 1.165) is 0 Å². The van der Waals surface area contributed by atoms with Crippen molar-refractivity contribution in [3.05, 3.63) is 28.5 Å². The Hall–Kier alpha value is -1.63. The predicted molar refractivity (Wildman–Crippen MR) is 69.9 cm³/mol. The molecule has 1 atom stereocenters. The number of nitrogens with one attached hydrogen (secondary N) is 1. The molecular weight excluding hydrogens is 305 g/mol. The molecule has 18 heavy (non-hydrogen) atoms. The van der Waals surface area contributed by atoms with Crippen LogP contribution in [0.2, 0.25) is 0 Å². The van der Waals surface area contributed by atoms with E-state index in [4.69, 9.17) is 10.9 Å². The summed E-state index contributed by atoms with van der Waals surface area (Å²) in [5.41, 5.74) is 5.83.